The minimum absolute atomic E-state index is 0.135. The first kappa shape index (κ1) is 19.8. The molecule has 0 saturated carbocycles. The number of carbonyl (C=O) groups excluding carboxylic acids is 1. The van der Waals surface area contributed by atoms with E-state index in [-0.39, 0.29) is 12.5 Å². The summed E-state index contributed by atoms with van der Waals surface area (Å²) in [6.07, 6.45) is 5.67. The van der Waals surface area contributed by atoms with Crippen molar-refractivity contribution in [2.24, 2.45) is 0 Å². The SMILES string of the molecule is CCCCCCCC(=O)N[C@@H](COP(=O)(O)O)c1ccccc1. The van der Waals surface area contributed by atoms with Crippen molar-refractivity contribution in [3.63, 3.8) is 0 Å². The van der Waals surface area contributed by atoms with Crippen LogP contribution in [-0.2, 0) is 13.9 Å². The first-order chi connectivity index (χ1) is 10.9. The predicted molar refractivity (Wildman–Crippen MR) is 88.7 cm³/mol. The first-order valence-corrected chi connectivity index (χ1v) is 9.50. The van der Waals surface area contributed by atoms with Crippen LogP contribution in [0.5, 0.6) is 0 Å². The smallest absolute Gasteiger partial charge is 0.347 e. The van der Waals surface area contributed by atoms with Crippen LogP contribution in [-0.4, -0.2) is 22.3 Å². The summed E-state index contributed by atoms with van der Waals surface area (Å²) < 4.78 is 15.4. The monoisotopic (exact) mass is 343 g/mol. The second-order valence-electron chi connectivity index (χ2n) is 5.48. The maximum absolute atomic E-state index is 12.0. The van der Waals surface area contributed by atoms with Crippen molar-refractivity contribution in [2.75, 3.05) is 6.61 Å². The van der Waals surface area contributed by atoms with E-state index in [0.717, 1.165) is 31.2 Å². The summed E-state index contributed by atoms with van der Waals surface area (Å²) in [5.41, 5.74) is 0.750. The highest BCUT2D eigenvalue weighted by molar-refractivity contribution is 7.46. The standard InChI is InChI=1S/C16H26NO5P/c1-2-3-4-5-9-12-16(18)17-15(13-22-23(19,20)21)14-10-7-6-8-11-14/h6-8,10-11,15H,2-5,9,12-13H2,1H3,(H,17,18)(H2,19,20,21)/t15-/m0/s1. The fourth-order valence-electron chi connectivity index (χ4n) is 2.23. The Hall–Kier alpha value is -1.20. The fourth-order valence-corrected chi connectivity index (χ4v) is 2.58. The lowest BCUT2D eigenvalue weighted by molar-refractivity contribution is -0.122. The quantitative estimate of drug-likeness (QED) is 0.423. The van der Waals surface area contributed by atoms with Gasteiger partial charge in [0.05, 0.1) is 12.6 Å². The highest BCUT2D eigenvalue weighted by atomic mass is 31.2. The van der Waals surface area contributed by atoms with Crippen LogP contribution in [0.1, 0.15) is 57.1 Å². The Morgan fingerprint density at radius 2 is 1.83 bits per heavy atom. The third kappa shape index (κ3) is 9.51. The summed E-state index contributed by atoms with van der Waals surface area (Å²) >= 11 is 0. The maximum Gasteiger partial charge on any atom is 0.469 e. The average molecular weight is 343 g/mol. The highest BCUT2D eigenvalue weighted by Crippen LogP contribution is 2.37. The van der Waals surface area contributed by atoms with Crippen molar-refractivity contribution in [1.82, 2.24) is 5.32 Å². The lowest BCUT2D eigenvalue weighted by atomic mass is 10.1. The summed E-state index contributed by atoms with van der Waals surface area (Å²) in [5, 5.41) is 2.79. The lowest BCUT2D eigenvalue weighted by Crippen LogP contribution is -2.31. The summed E-state index contributed by atoms with van der Waals surface area (Å²) in [7, 11) is -4.57. The third-order valence-electron chi connectivity index (χ3n) is 3.45. The topological polar surface area (TPSA) is 95.9 Å². The number of nitrogens with one attached hydrogen (secondary N) is 1. The molecule has 23 heavy (non-hydrogen) atoms. The Labute approximate surface area is 137 Å². The molecule has 7 heteroatoms. The number of carbonyl (C=O) groups is 1. The second kappa shape index (κ2) is 10.6. The molecule has 0 heterocycles. The summed E-state index contributed by atoms with van der Waals surface area (Å²) in [5.74, 6) is -0.135. The number of amides is 1. The van der Waals surface area contributed by atoms with Crippen molar-refractivity contribution in [1.29, 1.82) is 0 Å². The summed E-state index contributed by atoms with van der Waals surface area (Å²) in [6, 6.07) is 8.43. The normalized spacial score (nSPS) is 12.8. The first-order valence-electron chi connectivity index (χ1n) is 7.96. The van der Waals surface area contributed by atoms with Crippen LogP contribution in [0.2, 0.25) is 0 Å². The number of rotatable bonds is 11. The molecule has 0 bridgehead atoms. The van der Waals surface area contributed by atoms with E-state index in [2.05, 4.69) is 16.8 Å². The van der Waals surface area contributed by atoms with Gasteiger partial charge in [0.2, 0.25) is 5.91 Å². The molecule has 3 N–H and O–H groups in total. The molecule has 1 rings (SSSR count). The summed E-state index contributed by atoms with van der Waals surface area (Å²) in [6.45, 7) is 1.87. The molecule has 0 radical (unpaired) electrons. The zero-order valence-electron chi connectivity index (χ0n) is 13.5. The van der Waals surface area contributed by atoms with E-state index in [1.165, 1.54) is 6.42 Å². The fraction of sp³-hybridized carbons (Fsp3) is 0.562. The number of hydrogen-bond donors (Lipinski definition) is 3. The van der Waals surface area contributed by atoms with Crippen molar-refractivity contribution >= 4 is 13.7 Å². The molecule has 0 aliphatic carbocycles. The Morgan fingerprint density at radius 1 is 1.17 bits per heavy atom. The van der Waals surface area contributed by atoms with E-state index < -0.39 is 13.9 Å². The van der Waals surface area contributed by atoms with Crippen LogP contribution in [0, 0.1) is 0 Å². The lowest BCUT2D eigenvalue weighted by Gasteiger charge is -2.19. The Kier molecular flexibility index (Phi) is 9.10. The van der Waals surface area contributed by atoms with Gasteiger partial charge in [-0.2, -0.15) is 0 Å². The minimum atomic E-state index is -4.57. The van der Waals surface area contributed by atoms with E-state index in [1.54, 1.807) is 24.3 Å². The Bertz CT molecular complexity index is 502. The molecular formula is C16H26NO5P. The molecule has 130 valence electrons. The molecule has 0 unspecified atom stereocenters. The van der Waals surface area contributed by atoms with Gasteiger partial charge in [-0.05, 0) is 12.0 Å². The molecule has 1 aromatic carbocycles. The van der Waals surface area contributed by atoms with Crippen molar-refractivity contribution in [3.8, 4) is 0 Å². The molecule has 1 aromatic rings. The van der Waals surface area contributed by atoms with Gasteiger partial charge in [-0.25, -0.2) is 4.57 Å². The van der Waals surface area contributed by atoms with E-state index in [4.69, 9.17) is 9.79 Å². The Balaban J connectivity index is 2.52. The van der Waals surface area contributed by atoms with E-state index in [9.17, 15) is 9.36 Å². The maximum atomic E-state index is 12.0. The largest absolute Gasteiger partial charge is 0.469 e. The average Bonchev–Trinajstić information content (AvgIpc) is 2.51. The minimum Gasteiger partial charge on any atom is -0.347 e. The molecule has 1 atom stereocenters. The van der Waals surface area contributed by atoms with E-state index in [0.29, 0.717) is 6.42 Å². The van der Waals surface area contributed by atoms with Gasteiger partial charge >= 0.3 is 7.82 Å². The van der Waals surface area contributed by atoms with Crippen LogP contribution in [0.25, 0.3) is 0 Å². The van der Waals surface area contributed by atoms with Crippen LogP contribution in [0.4, 0.5) is 0 Å². The van der Waals surface area contributed by atoms with Crippen LogP contribution < -0.4 is 5.32 Å². The summed E-state index contributed by atoms with van der Waals surface area (Å²) in [4.78, 5) is 29.7. The highest BCUT2D eigenvalue weighted by Gasteiger charge is 2.20. The van der Waals surface area contributed by atoms with Gasteiger partial charge in [-0.1, -0.05) is 62.9 Å². The molecule has 0 aromatic heterocycles. The molecule has 0 aliphatic rings. The Morgan fingerprint density at radius 3 is 2.43 bits per heavy atom. The van der Waals surface area contributed by atoms with Gasteiger partial charge in [-0.15, -0.1) is 0 Å². The number of benzene rings is 1. The number of phosphoric ester groups is 1. The van der Waals surface area contributed by atoms with Crippen LogP contribution in [0.15, 0.2) is 30.3 Å². The van der Waals surface area contributed by atoms with Crippen LogP contribution >= 0.6 is 7.82 Å². The van der Waals surface area contributed by atoms with Crippen molar-refractivity contribution in [3.05, 3.63) is 35.9 Å². The van der Waals surface area contributed by atoms with Crippen LogP contribution in [0.3, 0.4) is 0 Å². The number of unbranched alkanes of at least 4 members (excludes halogenated alkanes) is 4. The van der Waals surface area contributed by atoms with Gasteiger partial charge in [0.25, 0.3) is 0 Å². The van der Waals surface area contributed by atoms with Gasteiger partial charge in [0.15, 0.2) is 0 Å². The molecule has 0 spiro atoms. The molecular weight excluding hydrogens is 317 g/mol. The van der Waals surface area contributed by atoms with Gasteiger partial charge in [0.1, 0.15) is 0 Å². The molecule has 0 fully saturated rings. The molecule has 6 nitrogen and oxygen atoms in total. The predicted octanol–water partition coefficient (Wildman–Crippen LogP) is 3.31. The molecule has 0 aliphatic heterocycles. The van der Waals surface area contributed by atoms with E-state index >= 15 is 0 Å². The van der Waals surface area contributed by atoms with Crippen molar-refractivity contribution in [2.45, 2.75) is 51.5 Å². The molecule has 1 amide bonds. The zero-order valence-corrected chi connectivity index (χ0v) is 14.4. The van der Waals surface area contributed by atoms with Gasteiger partial charge in [-0.3, -0.25) is 9.32 Å². The van der Waals surface area contributed by atoms with Gasteiger partial charge < -0.3 is 15.1 Å². The van der Waals surface area contributed by atoms with Crippen molar-refractivity contribution < 1.29 is 23.7 Å². The van der Waals surface area contributed by atoms with Gasteiger partial charge in [0, 0.05) is 6.42 Å². The van der Waals surface area contributed by atoms with E-state index in [1.807, 2.05) is 6.07 Å². The number of phosphoric acid groups is 1. The zero-order chi connectivity index (χ0) is 17.1. The second-order valence-corrected chi connectivity index (χ2v) is 6.72. The number of hydrogen-bond acceptors (Lipinski definition) is 3. The third-order valence-corrected chi connectivity index (χ3v) is 3.94. The molecule has 0 saturated heterocycles.